The van der Waals surface area contributed by atoms with E-state index in [1.165, 1.54) is 6.92 Å². The second-order valence-electron chi connectivity index (χ2n) is 4.38. The van der Waals surface area contributed by atoms with Crippen molar-refractivity contribution in [2.75, 3.05) is 12.8 Å². The van der Waals surface area contributed by atoms with Crippen LogP contribution in [-0.2, 0) is 9.53 Å². The maximum absolute atomic E-state index is 9.45. The van der Waals surface area contributed by atoms with Gasteiger partial charge in [-0.15, -0.1) is 0 Å². The lowest BCUT2D eigenvalue weighted by Gasteiger charge is -2.14. The Labute approximate surface area is 128 Å². The molecule has 22 heavy (non-hydrogen) atoms. The van der Waals surface area contributed by atoms with Crippen molar-refractivity contribution in [3.8, 4) is 0 Å². The largest absolute Gasteiger partial charge is 0.479 e. The molecule has 2 rings (SSSR count). The van der Waals surface area contributed by atoms with Crippen molar-refractivity contribution in [3.05, 3.63) is 53.9 Å². The fraction of sp³-hybridized carbons (Fsp3) is 0.267. The Morgan fingerprint density at radius 3 is 2.32 bits per heavy atom. The predicted molar refractivity (Wildman–Crippen MR) is 81.1 cm³/mol. The van der Waals surface area contributed by atoms with Gasteiger partial charge in [-0.05, 0) is 18.6 Å². The molecule has 0 saturated heterocycles. The summed E-state index contributed by atoms with van der Waals surface area (Å²) in [5.41, 5.74) is 7.36. The minimum absolute atomic E-state index is 0.202. The van der Waals surface area contributed by atoms with Gasteiger partial charge in [-0.2, -0.15) is 0 Å². The van der Waals surface area contributed by atoms with Crippen molar-refractivity contribution >= 4 is 11.9 Å². The number of carbonyl (C=O) groups is 1. The SMILES string of the molecule is CC(O)C(=O)O.COC(c1ccccc1)c1ccnc(N)n1. The minimum atomic E-state index is -1.23. The van der Waals surface area contributed by atoms with Crippen molar-refractivity contribution in [1.82, 2.24) is 9.97 Å². The molecule has 4 N–H and O–H groups in total. The van der Waals surface area contributed by atoms with E-state index in [1.807, 2.05) is 30.3 Å². The van der Waals surface area contributed by atoms with Crippen LogP contribution in [0.1, 0.15) is 24.3 Å². The molecule has 0 fully saturated rings. The molecule has 1 aromatic carbocycles. The molecular formula is C15H19N3O4. The van der Waals surface area contributed by atoms with Gasteiger partial charge >= 0.3 is 5.97 Å². The van der Waals surface area contributed by atoms with Gasteiger partial charge in [0, 0.05) is 13.3 Å². The van der Waals surface area contributed by atoms with Gasteiger partial charge in [0.15, 0.2) is 0 Å². The number of aliphatic hydroxyl groups excluding tert-OH is 1. The van der Waals surface area contributed by atoms with Gasteiger partial charge < -0.3 is 20.7 Å². The van der Waals surface area contributed by atoms with Crippen LogP contribution in [0.4, 0.5) is 5.95 Å². The van der Waals surface area contributed by atoms with E-state index < -0.39 is 12.1 Å². The molecule has 2 unspecified atom stereocenters. The summed E-state index contributed by atoms with van der Waals surface area (Å²) in [6.45, 7) is 1.20. The number of benzene rings is 1. The Kier molecular flexibility index (Phi) is 6.94. The zero-order valence-corrected chi connectivity index (χ0v) is 12.4. The number of aromatic nitrogens is 2. The quantitative estimate of drug-likeness (QED) is 0.777. The standard InChI is InChI=1S/C12H13N3O.C3H6O3/c1-16-11(9-5-3-2-4-6-9)10-7-8-14-12(13)15-10;1-2(4)3(5)6/h2-8,11H,1H3,(H2,13,14,15);2,4H,1H3,(H,5,6). The van der Waals surface area contributed by atoms with E-state index in [2.05, 4.69) is 9.97 Å². The number of methoxy groups -OCH3 is 1. The molecule has 0 aliphatic heterocycles. The van der Waals surface area contributed by atoms with Crippen molar-refractivity contribution in [1.29, 1.82) is 0 Å². The van der Waals surface area contributed by atoms with E-state index in [9.17, 15) is 4.79 Å². The average molecular weight is 305 g/mol. The highest BCUT2D eigenvalue weighted by Gasteiger charge is 2.14. The summed E-state index contributed by atoms with van der Waals surface area (Å²) in [5.74, 6) is -0.925. The molecule has 0 aliphatic rings. The lowest BCUT2D eigenvalue weighted by Crippen LogP contribution is -2.13. The van der Waals surface area contributed by atoms with Crippen LogP contribution in [-0.4, -0.2) is 39.4 Å². The number of rotatable bonds is 4. The van der Waals surface area contributed by atoms with E-state index in [0.717, 1.165) is 11.3 Å². The lowest BCUT2D eigenvalue weighted by atomic mass is 10.1. The third kappa shape index (κ3) is 5.47. The molecule has 118 valence electrons. The number of aliphatic hydroxyl groups is 1. The number of hydrogen-bond donors (Lipinski definition) is 3. The summed E-state index contributed by atoms with van der Waals surface area (Å²) >= 11 is 0. The normalized spacial score (nSPS) is 12.7. The van der Waals surface area contributed by atoms with E-state index in [1.54, 1.807) is 19.4 Å². The second-order valence-corrected chi connectivity index (χ2v) is 4.38. The van der Waals surface area contributed by atoms with Crippen molar-refractivity contribution in [3.63, 3.8) is 0 Å². The van der Waals surface area contributed by atoms with Crippen LogP contribution in [0.3, 0.4) is 0 Å². The molecule has 0 saturated carbocycles. The molecule has 0 aliphatic carbocycles. The number of nitrogens with zero attached hydrogens (tertiary/aromatic N) is 2. The highest BCUT2D eigenvalue weighted by molar-refractivity contribution is 5.71. The number of nitrogens with two attached hydrogens (primary N) is 1. The van der Waals surface area contributed by atoms with Crippen LogP contribution in [0.2, 0.25) is 0 Å². The number of hydrogen-bond acceptors (Lipinski definition) is 6. The third-order valence-corrected chi connectivity index (χ3v) is 2.66. The Balaban J connectivity index is 0.000000346. The van der Waals surface area contributed by atoms with E-state index in [0.29, 0.717) is 0 Å². The first-order chi connectivity index (χ1) is 10.5. The van der Waals surface area contributed by atoms with Crippen LogP contribution >= 0.6 is 0 Å². The molecule has 2 aromatic rings. The molecular weight excluding hydrogens is 286 g/mol. The van der Waals surface area contributed by atoms with Gasteiger partial charge in [0.1, 0.15) is 12.2 Å². The van der Waals surface area contributed by atoms with Crippen molar-refractivity contribution in [2.45, 2.75) is 19.1 Å². The summed E-state index contributed by atoms with van der Waals surface area (Å²) in [5, 5.41) is 15.8. The molecule has 7 heteroatoms. The number of ether oxygens (including phenoxy) is 1. The number of nitrogen functional groups attached to an aromatic ring is 1. The maximum Gasteiger partial charge on any atom is 0.332 e. The topological polar surface area (TPSA) is 119 Å². The first-order valence-electron chi connectivity index (χ1n) is 6.52. The highest BCUT2D eigenvalue weighted by Crippen LogP contribution is 2.23. The zero-order valence-electron chi connectivity index (χ0n) is 12.4. The van der Waals surface area contributed by atoms with Gasteiger partial charge in [0.2, 0.25) is 5.95 Å². The fourth-order valence-electron chi connectivity index (χ4n) is 1.59. The zero-order chi connectivity index (χ0) is 16.5. The predicted octanol–water partition coefficient (Wildman–Crippen LogP) is 1.25. The lowest BCUT2D eigenvalue weighted by molar-refractivity contribution is -0.145. The molecule has 0 spiro atoms. The second kappa shape index (κ2) is 8.71. The smallest absolute Gasteiger partial charge is 0.332 e. The van der Waals surface area contributed by atoms with Crippen molar-refractivity contribution < 1.29 is 19.7 Å². The Morgan fingerprint density at radius 2 is 1.86 bits per heavy atom. The van der Waals surface area contributed by atoms with Gasteiger partial charge in [-0.1, -0.05) is 30.3 Å². The van der Waals surface area contributed by atoms with E-state index in [4.69, 9.17) is 20.7 Å². The van der Waals surface area contributed by atoms with Gasteiger partial charge in [-0.3, -0.25) is 0 Å². The van der Waals surface area contributed by atoms with Crippen LogP contribution in [0, 0.1) is 0 Å². The molecule has 7 nitrogen and oxygen atoms in total. The van der Waals surface area contributed by atoms with Crippen LogP contribution < -0.4 is 5.73 Å². The summed E-state index contributed by atoms with van der Waals surface area (Å²) in [6.07, 6.45) is 0.198. The Morgan fingerprint density at radius 1 is 1.27 bits per heavy atom. The van der Waals surface area contributed by atoms with E-state index >= 15 is 0 Å². The van der Waals surface area contributed by atoms with Gasteiger partial charge in [0.25, 0.3) is 0 Å². The Hall–Kier alpha value is -2.51. The van der Waals surface area contributed by atoms with Crippen LogP contribution in [0.15, 0.2) is 42.6 Å². The molecule has 0 radical (unpaired) electrons. The summed E-state index contributed by atoms with van der Waals surface area (Å²) in [7, 11) is 1.65. The number of anilines is 1. The summed E-state index contributed by atoms with van der Waals surface area (Å²) in [4.78, 5) is 17.5. The summed E-state index contributed by atoms with van der Waals surface area (Å²) in [6, 6.07) is 11.7. The van der Waals surface area contributed by atoms with E-state index in [-0.39, 0.29) is 12.1 Å². The highest BCUT2D eigenvalue weighted by atomic mass is 16.5. The molecule has 0 bridgehead atoms. The van der Waals surface area contributed by atoms with Crippen LogP contribution in [0.5, 0.6) is 0 Å². The fourth-order valence-corrected chi connectivity index (χ4v) is 1.59. The molecule has 0 amide bonds. The monoisotopic (exact) mass is 305 g/mol. The number of aliphatic carboxylic acids is 1. The average Bonchev–Trinajstić information content (AvgIpc) is 2.50. The summed E-state index contributed by atoms with van der Waals surface area (Å²) < 4.78 is 5.43. The number of carboxylic acid groups (broad SMARTS) is 1. The van der Waals surface area contributed by atoms with Crippen LogP contribution in [0.25, 0.3) is 0 Å². The molecule has 1 aromatic heterocycles. The molecule has 2 atom stereocenters. The first-order valence-corrected chi connectivity index (χ1v) is 6.52. The first kappa shape index (κ1) is 17.5. The van der Waals surface area contributed by atoms with Gasteiger partial charge in [0.05, 0.1) is 5.69 Å². The maximum atomic E-state index is 9.45. The van der Waals surface area contributed by atoms with Gasteiger partial charge in [-0.25, -0.2) is 14.8 Å². The number of carboxylic acids is 1. The Bertz CT molecular complexity index is 590. The third-order valence-electron chi connectivity index (χ3n) is 2.66. The minimum Gasteiger partial charge on any atom is -0.479 e. The van der Waals surface area contributed by atoms with Crippen molar-refractivity contribution in [2.24, 2.45) is 0 Å². The molecule has 1 heterocycles.